The van der Waals surface area contributed by atoms with Gasteiger partial charge in [-0.3, -0.25) is 0 Å². The molecule has 0 unspecified atom stereocenters. The molecule has 1 heterocycles. The lowest BCUT2D eigenvalue weighted by Crippen LogP contribution is -1.85. The van der Waals surface area contributed by atoms with E-state index >= 15 is 0 Å². The normalized spacial score (nSPS) is 10.7. The Morgan fingerprint density at radius 2 is 1.94 bits per heavy atom. The second-order valence-electron chi connectivity index (χ2n) is 3.55. The van der Waals surface area contributed by atoms with Gasteiger partial charge in [-0.15, -0.1) is 11.8 Å². The molecule has 1 aromatic carbocycles. The molecule has 0 atom stereocenters. The summed E-state index contributed by atoms with van der Waals surface area (Å²) in [6.45, 7) is 3.83. The highest BCUT2D eigenvalue weighted by Crippen LogP contribution is 2.25. The van der Waals surface area contributed by atoms with Gasteiger partial charge in [-0.25, -0.2) is 4.39 Å². The smallest absolute Gasteiger partial charge is 0.137 e. The molecule has 0 amide bonds. The number of aromatic nitrogens is 1. The van der Waals surface area contributed by atoms with Gasteiger partial charge in [-0.1, -0.05) is 5.16 Å². The van der Waals surface area contributed by atoms with Crippen LogP contribution < -0.4 is 0 Å². The van der Waals surface area contributed by atoms with Crippen LogP contribution in [0.15, 0.2) is 33.7 Å². The Hall–Kier alpha value is -1.29. The van der Waals surface area contributed by atoms with Gasteiger partial charge in [0.05, 0.1) is 5.69 Å². The molecule has 0 saturated heterocycles. The van der Waals surface area contributed by atoms with Gasteiger partial charge < -0.3 is 4.52 Å². The van der Waals surface area contributed by atoms with Gasteiger partial charge in [-0.2, -0.15) is 0 Å². The number of rotatable bonds is 3. The number of aryl methyl sites for hydroxylation is 2. The predicted molar refractivity (Wildman–Crippen MR) is 61.9 cm³/mol. The van der Waals surface area contributed by atoms with Crippen molar-refractivity contribution in [2.24, 2.45) is 0 Å². The van der Waals surface area contributed by atoms with E-state index in [1.165, 1.54) is 12.1 Å². The lowest BCUT2D eigenvalue weighted by molar-refractivity contribution is 0.392. The minimum atomic E-state index is -0.207. The zero-order valence-electron chi connectivity index (χ0n) is 9.16. The Bertz CT molecular complexity index is 459. The third-order valence-corrected chi connectivity index (χ3v) is 3.42. The van der Waals surface area contributed by atoms with Crippen LogP contribution >= 0.6 is 11.8 Å². The zero-order chi connectivity index (χ0) is 11.5. The highest BCUT2D eigenvalue weighted by atomic mass is 32.2. The van der Waals surface area contributed by atoms with Crippen LogP contribution in [-0.2, 0) is 5.75 Å². The van der Waals surface area contributed by atoms with Gasteiger partial charge in [0.15, 0.2) is 0 Å². The molecule has 2 aromatic rings. The lowest BCUT2D eigenvalue weighted by Gasteiger charge is -2.00. The number of hydrogen-bond donors (Lipinski definition) is 0. The van der Waals surface area contributed by atoms with Gasteiger partial charge in [0, 0.05) is 16.2 Å². The molecule has 2 nitrogen and oxygen atoms in total. The van der Waals surface area contributed by atoms with E-state index in [0.29, 0.717) is 0 Å². The fraction of sp³-hybridized carbons (Fsp3) is 0.250. The molecular formula is C12H12FNOS. The zero-order valence-corrected chi connectivity index (χ0v) is 9.97. The summed E-state index contributed by atoms with van der Waals surface area (Å²) in [6.07, 6.45) is 0. The monoisotopic (exact) mass is 237 g/mol. The molecule has 0 bridgehead atoms. The summed E-state index contributed by atoms with van der Waals surface area (Å²) in [5.74, 6) is 1.45. The second-order valence-corrected chi connectivity index (χ2v) is 4.59. The molecule has 0 aliphatic rings. The van der Waals surface area contributed by atoms with Gasteiger partial charge in [-0.05, 0) is 38.1 Å². The first-order valence-corrected chi connectivity index (χ1v) is 5.95. The molecular weight excluding hydrogens is 225 g/mol. The topological polar surface area (TPSA) is 26.0 Å². The van der Waals surface area contributed by atoms with Crippen molar-refractivity contribution in [3.63, 3.8) is 0 Å². The molecule has 84 valence electrons. The molecule has 0 radical (unpaired) electrons. The summed E-state index contributed by atoms with van der Waals surface area (Å²) in [5.41, 5.74) is 2.04. The number of nitrogens with zero attached hydrogens (tertiary/aromatic N) is 1. The minimum Gasteiger partial charge on any atom is -0.361 e. The van der Waals surface area contributed by atoms with Crippen LogP contribution in [0.2, 0.25) is 0 Å². The first kappa shape index (κ1) is 11.2. The lowest BCUT2D eigenvalue weighted by atomic mass is 10.2. The highest BCUT2D eigenvalue weighted by molar-refractivity contribution is 7.98. The van der Waals surface area contributed by atoms with Crippen LogP contribution in [0, 0.1) is 19.7 Å². The number of hydrogen-bond acceptors (Lipinski definition) is 3. The van der Waals surface area contributed by atoms with Crippen molar-refractivity contribution >= 4 is 11.8 Å². The maximum Gasteiger partial charge on any atom is 0.137 e. The van der Waals surface area contributed by atoms with Gasteiger partial charge in [0.1, 0.15) is 11.6 Å². The van der Waals surface area contributed by atoms with Crippen molar-refractivity contribution in [1.82, 2.24) is 5.16 Å². The van der Waals surface area contributed by atoms with Crippen molar-refractivity contribution in [3.8, 4) is 0 Å². The van der Waals surface area contributed by atoms with Gasteiger partial charge in [0.2, 0.25) is 0 Å². The first-order valence-electron chi connectivity index (χ1n) is 4.97. The molecule has 0 aliphatic carbocycles. The summed E-state index contributed by atoms with van der Waals surface area (Å²) < 4.78 is 17.8. The highest BCUT2D eigenvalue weighted by Gasteiger charge is 2.08. The summed E-state index contributed by atoms with van der Waals surface area (Å²) in [6, 6.07) is 6.49. The Kier molecular flexibility index (Phi) is 3.29. The average molecular weight is 237 g/mol. The Morgan fingerprint density at radius 3 is 2.50 bits per heavy atom. The second kappa shape index (κ2) is 4.70. The molecule has 1 aromatic heterocycles. The molecule has 0 N–H and O–H groups in total. The summed E-state index contributed by atoms with van der Waals surface area (Å²) in [5, 5.41) is 3.89. The van der Waals surface area contributed by atoms with E-state index in [2.05, 4.69) is 5.16 Å². The van der Waals surface area contributed by atoms with E-state index in [0.717, 1.165) is 27.7 Å². The van der Waals surface area contributed by atoms with E-state index in [4.69, 9.17) is 4.52 Å². The molecule has 0 spiro atoms. The van der Waals surface area contributed by atoms with E-state index in [-0.39, 0.29) is 5.82 Å². The molecule has 16 heavy (non-hydrogen) atoms. The van der Waals surface area contributed by atoms with E-state index in [9.17, 15) is 4.39 Å². The van der Waals surface area contributed by atoms with Crippen LogP contribution in [-0.4, -0.2) is 5.16 Å². The van der Waals surface area contributed by atoms with Crippen molar-refractivity contribution in [2.75, 3.05) is 0 Å². The van der Waals surface area contributed by atoms with E-state index in [1.807, 2.05) is 13.8 Å². The van der Waals surface area contributed by atoms with Crippen molar-refractivity contribution in [1.29, 1.82) is 0 Å². The van der Waals surface area contributed by atoms with Crippen molar-refractivity contribution in [3.05, 3.63) is 47.1 Å². The van der Waals surface area contributed by atoms with Crippen LogP contribution in [0.5, 0.6) is 0 Å². The molecule has 2 rings (SSSR count). The Labute approximate surface area is 97.8 Å². The quantitative estimate of drug-likeness (QED) is 0.761. The van der Waals surface area contributed by atoms with Crippen molar-refractivity contribution < 1.29 is 8.91 Å². The predicted octanol–water partition coefficient (Wildman–Crippen LogP) is 3.72. The SMILES string of the molecule is Cc1noc(C)c1CSc1ccc(F)cc1. The van der Waals surface area contributed by atoms with Crippen LogP contribution in [0.25, 0.3) is 0 Å². The third-order valence-electron chi connectivity index (χ3n) is 2.38. The molecule has 0 fully saturated rings. The van der Waals surface area contributed by atoms with Gasteiger partial charge >= 0.3 is 0 Å². The van der Waals surface area contributed by atoms with Gasteiger partial charge in [0.25, 0.3) is 0 Å². The van der Waals surface area contributed by atoms with Crippen LogP contribution in [0.3, 0.4) is 0 Å². The standard InChI is InChI=1S/C12H12FNOS/c1-8-12(9(2)15-14-8)7-16-11-5-3-10(13)4-6-11/h3-6H,7H2,1-2H3. The largest absolute Gasteiger partial charge is 0.361 e. The average Bonchev–Trinajstić information content (AvgIpc) is 2.59. The first-order chi connectivity index (χ1) is 7.66. The Balaban J connectivity index is 2.05. The summed E-state index contributed by atoms with van der Waals surface area (Å²) in [4.78, 5) is 1.04. The summed E-state index contributed by atoms with van der Waals surface area (Å²) >= 11 is 1.65. The van der Waals surface area contributed by atoms with E-state index in [1.54, 1.807) is 23.9 Å². The fourth-order valence-electron chi connectivity index (χ4n) is 1.39. The minimum absolute atomic E-state index is 0.207. The number of thioether (sulfide) groups is 1. The third kappa shape index (κ3) is 2.44. The molecule has 4 heteroatoms. The van der Waals surface area contributed by atoms with Crippen molar-refractivity contribution in [2.45, 2.75) is 24.5 Å². The van der Waals surface area contributed by atoms with E-state index < -0.39 is 0 Å². The van der Waals surface area contributed by atoms with Crippen LogP contribution in [0.1, 0.15) is 17.0 Å². The molecule has 0 saturated carbocycles. The number of halogens is 1. The maximum absolute atomic E-state index is 12.7. The maximum atomic E-state index is 12.7. The fourth-order valence-corrected chi connectivity index (χ4v) is 2.45. The number of benzene rings is 1. The Morgan fingerprint density at radius 1 is 1.25 bits per heavy atom. The summed E-state index contributed by atoms with van der Waals surface area (Å²) in [7, 11) is 0. The molecule has 0 aliphatic heterocycles. The van der Waals surface area contributed by atoms with Crippen LogP contribution in [0.4, 0.5) is 4.39 Å².